The van der Waals surface area contributed by atoms with Gasteiger partial charge in [0, 0.05) is 20.0 Å². The van der Waals surface area contributed by atoms with Gasteiger partial charge in [-0.1, -0.05) is 147 Å². The van der Waals surface area contributed by atoms with Crippen molar-refractivity contribution in [1.82, 2.24) is 5.32 Å². The Morgan fingerprint density at radius 1 is 0.600 bits per heavy atom. The van der Waals surface area contributed by atoms with Crippen LogP contribution in [0.25, 0.3) is 0 Å². The normalized spacial score (nSPS) is 29.0. The average molecular weight is 1180 g/mol. The molecule has 3 N–H and O–H groups in total. The number of hydrogen-bond donors (Lipinski definition) is 3. The first-order chi connectivity index (χ1) is 38.7. The van der Waals surface area contributed by atoms with Gasteiger partial charge in [-0.25, -0.2) is 4.18 Å². The molecule has 0 bridgehead atoms. The number of benzene rings is 4. The van der Waals surface area contributed by atoms with E-state index in [0.29, 0.717) is 12.8 Å². The van der Waals surface area contributed by atoms with Gasteiger partial charge in [-0.15, -0.1) is 23.2 Å². The van der Waals surface area contributed by atoms with Crippen LogP contribution in [0, 0.1) is 0 Å². The number of aliphatic hydroxyl groups excluding tert-OH is 1. The maximum atomic E-state index is 13.5. The number of alkyl halides is 2. The third kappa shape index (κ3) is 19.5. The van der Waals surface area contributed by atoms with Gasteiger partial charge in [0.2, 0.25) is 5.91 Å². The van der Waals surface area contributed by atoms with Crippen molar-refractivity contribution < 1.29 is 84.0 Å². The molecule has 3 heterocycles. The Kier molecular flexibility index (Phi) is 25.9. The second-order valence-corrected chi connectivity index (χ2v) is 21.8. The Bertz CT molecular complexity index is 2530. The smallest absolute Gasteiger partial charge is 0.397 e. The molecule has 3 aliphatic rings. The maximum absolute atomic E-state index is 13.5. The molecular formula is C58H75Cl2NO18S. The van der Waals surface area contributed by atoms with Crippen LogP contribution in [0.5, 0.6) is 0 Å². The molecule has 4 aromatic carbocycles. The zero-order valence-corrected chi connectivity index (χ0v) is 47.5. The fourth-order valence-electron chi connectivity index (χ4n) is 9.80. The zero-order chi connectivity index (χ0) is 56.9. The van der Waals surface area contributed by atoms with Crippen LogP contribution < -0.4 is 5.32 Å². The monoisotopic (exact) mass is 1180 g/mol. The molecule has 0 saturated carbocycles. The van der Waals surface area contributed by atoms with Crippen LogP contribution in [0.15, 0.2) is 121 Å². The molecule has 15 atom stereocenters. The summed E-state index contributed by atoms with van der Waals surface area (Å²) in [5.74, 6) is -1.06. The predicted molar refractivity (Wildman–Crippen MR) is 293 cm³/mol. The molecule has 3 aliphatic heterocycles. The standard InChI is InChI=1S/C58H75Cl2NO18S/c1-38-50(71-34-41-24-14-9-15-25-41)54(72-35-42-26-16-10-17-27-42)55(73-36-43-28-18-11-19-29-43)58(74-38)78-53-48(61-39(2)62)56(70-31-21-7-5-4-6-20-30-46(63)68-3)76-45(37-69-33-40-22-12-8-13-23-40)51(53)77-57-49(64)52(79-80(65,66)67)47(60)44(32-59)75-57/h8-19,22-29,38,44-45,47-58,64H,4-7,20-21,30-37H2,1-3H3,(H,61,62)(H,65,66,67)/t38-,44+,45+,47-,48+,49+,50+,51+,52-,53+,54+,55-,56+,57-,58-/m0/s1. The van der Waals surface area contributed by atoms with Crippen LogP contribution in [0.2, 0.25) is 0 Å². The van der Waals surface area contributed by atoms with E-state index in [9.17, 15) is 27.7 Å². The van der Waals surface area contributed by atoms with Crippen molar-refractivity contribution in [2.45, 2.75) is 177 Å². The number of hydrogen-bond acceptors (Lipinski definition) is 17. The number of halogens is 2. The molecule has 4 aromatic rings. The van der Waals surface area contributed by atoms with Crippen LogP contribution in [-0.4, -0.2) is 147 Å². The first-order valence-corrected chi connectivity index (χ1v) is 29.4. The summed E-state index contributed by atoms with van der Waals surface area (Å²) in [6, 6.07) is 37.0. The van der Waals surface area contributed by atoms with E-state index < -0.39 is 108 Å². The van der Waals surface area contributed by atoms with Crippen LogP contribution in [0.1, 0.15) is 81.0 Å². The van der Waals surface area contributed by atoms with E-state index in [-0.39, 0.29) is 51.5 Å². The van der Waals surface area contributed by atoms with Crippen LogP contribution in [0.4, 0.5) is 0 Å². The second kappa shape index (κ2) is 32.6. The van der Waals surface area contributed by atoms with Gasteiger partial charge in [-0.3, -0.25) is 14.1 Å². The number of carbonyl (C=O) groups is 2. The highest BCUT2D eigenvalue weighted by molar-refractivity contribution is 7.80. The third-order valence-electron chi connectivity index (χ3n) is 13.8. The number of ether oxygens (including phenoxy) is 11. The van der Waals surface area contributed by atoms with Gasteiger partial charge in [-0.2, -0.15) is 8.42 Å². The van der Waals surface area contributed by atoms with Crippen molar-refractivity contribution in [2.24, 2.45) is 0 Å². The highest BCUT2D eigenvalue weighted by atomic mass is 35.5. The van der Waals surface area contributed by atoms with Gasteiger partial charge in [0.05, 0.1) is 63.6 Å². The molecular weight excluding hydrogens is 1100 g/mol. The van der Waals surface area contributed by atoms with E-state index in [1.54, 1.807) is 0 Å². The minimum atomic E-state index is -5.20. The molecule has 80 heavy (non-hydrogen) atoms. The molecule has 0 spiro atoms. The van der Waals surface area contributed by atoms with Gasteiger partial charge in [-0.05, 0) is 42.0 Å². The predicted octanol–water partition coefficient (Wildman–Crippen LogP) is 7.74. The Morgan fingerprint density at radius 2 is 1.10 bits per heavy atom. The van der Waals surface area contributed by atoms with Crippen molar-refractivity contribution in [2.75, 3.05) is 26.2 Å². The molecule has 19 nitrogen and oxygen atoms in total. The van der Waals surface area contributed by atoms with Crippen molar-refractivity contribution in [1.29, 1.82) is 0 Å². The van der Waals surface area contributed by atoms with Crippen LogP contribution in [0.3, 0.4) is 0 Å². The van der Waals surface area contributed by atoms with E-state index >= 15 is 0 Å². The summed E-state index contributed by atoms with van der Waals surface area (Å²) >= 11 is 12.9. The highest BCUT2D eigenvalue weighted by Gasteiger charge is 2.56. The summed E-state index contributed by atoms with van der Waals surface area (Å²) in [6.07, 6.45) is -11.6. The molecule has 22 heteroatoms. The van der Waals surface area contributed by atoms with E-state index in [0.717, 1.165) is 54.4 Å². The lowest BCUT2D eigenvalue weighted by molar-refractivity contribution is -0.373. The van der Waals surface area contributed by atoms with Gasteiger partial charge < -0.3 is 62.5 Å². The van der Waals surface area contributed by atoms with Crippen LogP contribution in [-0.2, 0) is 103 Å². The minimum absolute atomic E-state index is 0.0756. The first kappa shape index (κ1) is 63.4. The lowest BCUT2D eigenvalue weighted by Gasteiger charge is -2.51. The number of aliphatic hydroxyl groups is 1. The maximum Gasteiger partial charge on any atom is 0.397 e. The molecule has 3 fully saturated rings. The molecule has 0 aliphatic carbocycles. The minimum Gasteiger partial charge on any atom is -0.469 e. The summed E-state index contributed by atoms with van der Waals surface area (Å²) in [5, 5.41) is 13.5. The number of esters is 1. The van der Waals surface area contributed by atoms with Gasteiger partial charge in [0.15, 0.2) is 18.9 Å². The highest BCUT2D eigenvalue weighted by Crippen LogP contribution is 2.38. The largest absolute Gasteiger partial charge is 0.469 e. The molecule has 0 aromatic heterocycles. The summed E-state index contributed by atoms with van der Waals surface area (Å²) in [7, 11) is -3.83. The second-order valence-electron chi connectivity index (χ2n) is 19.9. The van der Waals surface area contributed by atoms with Gasteiger partial charge in [0.1, 0.15) is 54.9 Å². The lowest BCUT2D eigenvalue weighted by atomic mass is 9.94. The quantitative estimate of drug-likeness (QED) is 0.0189. The van der Waals surface area contributed by atoms with Crippen molar-refractivity contribution >= 4 is 45.5 Å². The molecule has 0 radical (unpaired) electrons. The summed E-state index contributed by atoms with van der Waals surface area (Å²) in [4.78, 5) is 25.2. The number of amides is 1. The van der Waals surface area contributed by atoms with E-state index in [1.807, 2.05) is 128 Å². The fraction of sp³-hybridized carbons (Fsp3) is 0.552. The Hall–Kier alpha value is -4.17. The lowest BCUT2D eigenvalue weighted by Crippen LogP contribution is -2.70. The van der Waals surface area contributed by atoms with Crippen molar-refractivity contribution in [3.63, 3.8) is 0 Å². The summed E-state index contributed by atoms with van der Waals surface area (Å²) < 4.78 is 111. The SMILES string of the molecule is COC(=O)CCCCCCCCO[C@@H]1O[C@H](COCc2ccccc2)[C@@H](O[C@@H]2O[C@H](CCl)[C@H](Cl)[C@H](OS(=O)(=O)O)[C@H]2O)[C@H](O[C@@H]2O[C@@H](C)[C@@H](OCc3ccccc3)[C@@H](OCc3ccccc3)[C@@H]2OCc2ccccc2)[C@H]1NC(C)=O. The van der Waals surface area contributed by atoms with E-state index in [4.69, 9.17) is 79.5 Å². The number of nitrogens with one attached hydrogen (secondary N) is 1. The third-order valence-corrected chi connectivity index (χ3v) is 15.1. The summed E-state index contributed by atoms with van der Waals surface area (Å²) in [6.45, 7) is 3.70. The van der Waals surface area contributed by atoms with Crippen LogP contribution >= 0.6 is 23.2 Å². The Balaban J connectivity index is 1.28. The molecule has 0 unspecified atom stereocenters. The molecule has 7 rings (SSSR count). The van der Waals surface area contributed by atoms with Crippen molar-refractivity contribution in [3.8, 4) is 0 Å². The molecule has 1 amide bonds. The molecule has 440 valence electrons. The molecule has 3 saturated heterocycles. The Morgan fingerprint density at radius 3 is 1.64 bits per heavy atom. The number of unbranched alkanes of at least 4 members (excludes halogenated alkanes) is 5. The van der Waals surface area contributed by atoms with E-state index in [1.165, 1.54) is 14.0 Å². The summed E-state index contributed by atoms with van der Waals surface area (Å²) in [5.41, 5.74) is 3.46. The Labute approximate surface area is 478 Å². The first-order valence-electron chi connectivity index (χ1n) is 27.1. The number of methoxy groups -OCH3 is 1. The average Bonchev–Trinajstić information content (AvgIpc) is 3.56. The fourth-order valence-corrected chi connectivity index (χ4v) is 11.1. The van der Waals surface area contributed by atoms with Gasteiger partial charge >= 0.3 is 16.4 Å². The number of carbonyl (C=O) groups excluding carboxylic acids is 2. The van der Waals surface area contributed by atoms with Crippen molar-refractivity contribution in [3.05, 3.63) is 144 Å². The zero-order valence-electron chi connectivity index (χ0n) is 45.2. The number of rotatable bonds is 31. The van der Waals surface area contributed by atoms with E-state index in [2.05, 4.69) is 5.32 Å². The van der Waals surface area contributed by atoms with Gasteiger partial charge in [0.25, 0.3) is 0 Å². The topological polar surface area (TPSA) is 232 Å².